The second-order valence-electron chi connectivity index (χ2n) is 5.25. The number of aromatic hydroxyl groups is 1. The van der Waals surface area contributed by atoms with E-state index < -0.39 is 21.8 Å². The van der Waals surface area contributed by atoms with Crippen molar-refractivity contribution in [2.24, 2.45) is 0 Å². The highest BCUT2D eigenvalue weighted by Gasteiger charge is 2.19. The molecule has 1 unspecified atom stereocenters. The fourth-order valence-corrected chi connectivity index (χ4v) is 2.88. The van der Waals surface area contributed by atoms with Crippen LogP contribution in [0.5, 0.6) is 5.75 Å². The normalized spacial score (nSPS) is 12.8. The summed E-state index contributed by atoms with van der Waals surface area (Å²) in [6, 6.07) is 3.22. The number of rotatable bonds is 5. The molecule has 0 spiro atoms. The maximum absolute atomic E-state index is 12.3. The zero-order chi connectivity index (χ0) is 17.2. The largest absolute Gasteiger partial charge is 0.506 e. The Balaban J connectivity index is 2.25. The molecule has 0 fully saturated rings. The summed E-state index contributed by atoms with van der Waals surface area (Å²) in [4.78, 5) is 12.3. The highest BCUT2D eigenvalue weighted by molar-refractivity contribution is 7.91. The van der Waals surface area contributed by atoms with E-state index in [2.05, 4.69) is 10.4 Å². The Kier molecular flexibility index (Phi) is 4.74. The van der Waals surface area contributed by atoms with Gasteiger partial charge in [-0.3, -0.25) is 9.48 Å². The SMILES string of the molecule is CCS(=O)(=O)c1ccc(O)c(NC(=O)C(C)n2cc(C)cn2)c1. The van der Waals surface area contributed by atoms with Crippen LogP contribution in [0.4, 0.5) is 5.69 Å². The second kappa shape index (κ2) is 6.41. The molecule has 2 aromatic rings. The van der Waals surface area contributed by atoms with Crippen molar-refractivity contribution in [3.8, 4) is 5.75 Å². The number of phenols is 1. The van der Waals surface area contributed by atoms with E-state index in [-0.39, 0.29) is 22.1 Å². The number of aromatic nitrogens is 2. The molecular weight excluding hydrogens is 318 g/mol. The zero-order valence-electron chi connectivity index (χ0n) is 13.1. The van der Waals surface area contributed by atoms with E-state index in [1.165, 1.54) is 29.8 Å². The third kappa shape index (κ3) is 3.70. The van der Waals surface area contributed by atoms with Crippen molar-refractivity contribution in [3.63, 3.8) is 0 Å². The van der Waals surface area contributed by atoms with E-state index in [9.17, 15) is 18.3 Å². The lowest BCUT2D eigenvalue weighted by molar-refractivity contribution is -0.119. The van der Waals surface area contributed by atoms with Crippen molar-refractivity contribution in [3.05, 3.63) is 36.2 Å². The van der Waals surface area contributed by atoms with Gasteiger partial charge in [0, 0.05) is 6.20 Å². The van der Waals surface area contributed by atoms with Crippen LogP contribution in [0.2, 0.25) is 0 Å². The topological polar surface area (TPSA) is 101 Å². The molecule has 1 aromatic carbocycles. The van der Waals surface area contributed by atoms with Gasteiger partial charge in [-0.15, -0.1) is 0 Å². The lowest BCUT2D eigenvalue weighted by atomic mass is 10.2. The first-order chi connectivity index (χ1) is 10.7. The Morgan fingerprint density at radius 3 is 2.70 bits per heavy atom. The number of hydrogen-bond donors (Lipinski definition) is 2. The molecule has 23 heavy (non-hydrogen) atoms. The first-order valence-electron chi connectivity index (χ1n) is 7.12. The van der Waals surface area contributed by atoms with E-state index in [4.69, 9.17) is 0 Å². The molecule has 0 radical (unpaired) electrons. The number of aryl methyl sites for hydroxylation is 1. The van der Waals surface area contributed by atoms with Crippen LogP contribution in [0.1, 0.15) is 25.5 Å². The van der Waals surface area contributed by atoms with Gasteiger partial charge in [-0.1, -0.05) is 6.92 Å². The predicted octanol–water partition coefficient (Wildman–Crippen LogP) is 1.89. The van der Waals surface area contributed by atoms with Gasteiger partial charge in [0.25, 0.3) is 0 Å². The second-order valence-corrected chi connectivity index (χ2v) is 7.52. The van der Waals surface area contributed by atoms with Gasteiger partial charge in [0.05, 0.1) is 22.5 Å². The van der Waals surface area contributed by atoms with E-state index in [1.807, 2.05) is 6.92 Å². The molecule has 0 aliphatic heterocycles. The summed E-state index contributed by atoms with van der Waals surface area (Å²) in [5.74, 6) is -0.666. The molecule has 1 amide bonds. The summed E-state index contributed by atoms with van der Waals surface area (Å²) < 4.78 is 25.3. The van der Waals surface area contributed by atoms with Crippen molar-refractivity contribution in [2.75, 3.05) is 11.1 Å². The average molecular weight is 337 g/mol. The van der Waals surface area contributed by atoms with Gasteiger partial charge in [-0.25, -0.2) is 8.42 Å². The van der Waals surface area contributed by atoms with Crippen LogP contribution < -0.4 is 5.32 Å². The summed E-state index contributed by atoms with van der Waals surface area (Å²) in [6.45, 7) is 5.05. The molecule has 1 aromatic heterocycles. The fourth-order valence-electron chi connectivity index (χ4n) is 1.98. The number of hydrogen-bond acceptors (Lipinski definition) is 5. The first-order valence-corrected chi connectivity index (χ1v) is 8.77. The van der Waals surface area contributed by atoms with E-state index in [0.717, 1.165) is 5.56 Å². The minimum absolute atomic E-state index is 0.0516. The molecule has 8 heteroatoms. The molecule has 0 aliphatic carbocycles. The maximum Gasteiger partial charge on any atom is 0.249 e. The van der Waals surface area contributed by atoms with Crippen molar-refractivity contribution in [2.45, 2.75) is 31.7 Å². The molecule has 0 bridgehead atoms. The van der Waals surface area contributed by atoms with Gasteiger partial charge < -0.3 is 10.4 Å². The van der Waals surface area contributed by atoms with Crippen LogP contribution in [-0.2, 0) is 14.6 Å². The predicted molar refractivity (Wildman–Crippen MR) is 86.1 cm³/mol. The average Bonchev–Trinajstić information content (AvgIpc) is 2.94. The molecule has 1 atom stereocenters. The third-order valence-electron chi connectivity index (χ3n) is 3.47. The Morgan fingerprint density at radius 1 is 1.43 bits per heavy atom. The lowest BCUT2D eigenvalue weighted by Crippen LogP contribution is -2.24. The minimum atomic E-state index is -3.42. The number of nitrogens with zero attached hydrogens (tertiary/aromatic N) is 2. The van der Waals surface area contributed by atoms with Crippen LogP contribution in [0.3, 0.4) is 0 Å². The highest BCUT2D eigenvalue weighted by atomic mass is 32.2. The molecule has 0 saturated heterocycles. The van der Waals surface area contributed by atoms with Crippen LogP contribution in [0.15, 0.2) is 35.5 Å². The van der Waals surface area contributed by atoms with Crippen LogP contribution in [0, 0.1) is 6.92 Å². The van der Waals surface area contributed by atoms with Gasteiger partial charge >= 0.3 is 0 Å². The van der Waals surface area contributed by atoms with Crippen molar-refractivity contribution in [1.82, 2.24) is 9.78 Å². The molecule has 0 saturated carbocycles. The van der Waals surface area contributed by atoms with Crippen LogP contribution in [-0.4, -0.2) is 35.0 Å². The van der Waals surface area contributed by atoms with Crippen molar-refractivity contribution in [1.29, 1.82) is 0 Å². The quantitative estimate of drug-likeness (QED) is 0.811. The number of carbonyl (C=O) groups is 1. The number of phenolic OH excluding ortho intramolecular Hbond substituents is 1. The number of nitrogens with one attached hydrogen (secondary N) is 1. The molecule has 0 aliphatic rings. The Morgan fingerprint density at radius 2 is 2.13 bits per heavy atom. The lowest BCUT2D eigenvalue weighted by Gasteiger charge is -2.14. The monoisotopic (exact) mass is 337 g/mol. The molecule has 124 valence electrons. The summed E-state index contributed by atoms with van der Waals surface area (Å²) in [5, 5.41) is 16.5. The minimum Gasteiger partial charge on any atom is -0.506 e. The van der Waals surface area contributed by atoms with Crippen LogP contribution in [0.25, 0.3) is 0 Å². The van der Waals surface area contributed by atoms with Gasteiger partial charge in [0.2, 0.25) is 5.91 Å². The summed E-state index contributed by atoms with van der Waals surface area (Å²) >= 11 is 0. The van der Waals surface area contributed by atoms with E-state index >= 15 is 0 Å². The first kappa shape index (κ1) is 17.0. The van der Waals surface area contributed by atoms with Crippen molar-refractivity contribution < 1.29 is 18.3 Å². The molecule has 2 N–H and O–H groups in total. The number of anilines is 1. The third-order valence-corrected chi connectivity index (χ3v) is 5.20. The Hall–Kier alpha value is -2.35. The summed E-state index contributed by atoms with van der Waals surface area (Å²) in [6.07, 6.45) is 3.36. The Labute approximate surface area is 134 Å². The Bertz CT molecular complexity index is 827. The van der Waals surface area contributed by atoms with E-state index in [1.54, 1.807) is 19.3 Å². The molecule has 2 rings (SSSR count). The molecule has 1 heterocycles. The zero-order valence-corrected chi connectivity index (χ0v) is 14.0. The van der Waals surface area contributed by atoms with Gasteiger partial charge in [0.15, 0.2) is 9.84 Å². The molecule has 7 nitrogen and oxygen atoms in total. The smallest absolute Gasteiger partial charge is 0.249 e. The summed E-state index contributed by atoms with van der Waals surface area (Å²) in [5.41, 5.74) is 0.976. The number of sulfone groups is 1. The van der Waals surface area contributed by atoms with Gasteiger partial charge in [0.1, 0.15) is 11.8 Å². The van der Waals surface area contributed by atoms with Crippen molar-refractivity contribution >= 4 is 21.4 Å². The highest BCUT2D eigenvalue weighted by Crippen LogP contribution is 2.27. The number of carbonyl (C=O) groups excluding carboxylic acids is 1. The van der Waals surface area contributed by atoms with Crippen LogP contribution >= 0.6 is 0 Å². The maximum atomic E-state index is 12.3. The summed E-state index contributed by atoms with van der Waals surface area (Å²) in [7, 11) is -3.42. The number of benzene rings is 1. The van der Waals surface area contributed by atoms with E-state index in [0.29, 0.717) is 0 Å². The number of amides is 1. The standard InChI is InChI=1S/C15H19N3O4S/c1-4-23(21,22)12-5-6-14(19)13(7-12)17-15(20)11(3)18-9-10(2)8-16-18/h5-9,11,19H,4H2,1-3H3,(H,17,20). The van der Waals surface area contributed by atoms with Gasteiger partial charge in [-0.05, 0) is 37.6 Å². The van der Waals surface area contributed by atoms with Gasteiger partial charge in [-0.2, -0.15) is 5.10 Å². The molecular formula is C15H19N3O4S. The fraction of sp³-hybridized carbons (Fsp3) is 0.333.